The van der Waals surface area contributed by atoms with Gasteiger partial charge < -0.3 is 14.1 Å². The number of aromatic amines is 1. The standard InChI is InChI=1S/C57H39N5/c1-5-15-48-37(11-1)38-12-2-6-16-49(38)60(48)35-22-26-47-43(31-35)45-29-33-20-21-34-30-46-44-32-36(61-50-17-7-3-13-39(50)40-14-4-8-18-51(40)61)23-27-52(44)62(53-19-9-10-28-58-53)57(46)42-25-24-41(56(45)59-47)54(33)55(34)42/h1-19,23,27-32,59H,20-22,24-26H2. The van der Waals surface area contributed by atoms with E-state index in [4.69, 9.17) is 4.98 Å². The van der Waals surface area contributed by atoms with Crippen molar-refractivity contribution in [1.82, 2.24) is 23.7 Å². The Morgan fingerprint density at radius 3 is 1.68 bits per heavy atom. The first kappa shape index (κ1) is 33.1. The molecule has 12 aromatic rings. The highest BCUT2D eigenvalue weighted by Gasteiger charge is 2.33. The molecule has 0 unspecified atom stereocenters. The second kappa shape index (κ2) is 12.0. The molecule has 62 heavy (non-hydrogen) atoms. The van der Waals surface area contributed by atoms with E-state index in [1.165, 1.54) is 132 Å². The molecule has 15 rings (SSSR count). The Morgan fingerprint density at radius 1 is 0.435 bits per heavy atom. The molecule has 0 saturated heterocycles. The Hall–Kier alpha value is -7.63. The molecule has 3 aliphatic rings. The van der Waals surface area contributed by atoms with Crippen LogP contribution in [0.1, 0.15) is 39.9 Å². The van der Waals surface area contributed by atoms with Crippen LogP contribution in [0.2, 0.25) is 0 Å². The summed E-state index contributed by atoms with van der Waals surface area (Å²) >= 11 is 0. The molecule has 5 nitrogen and oxygen atoms in total. The molecule has 0 bridgehead atoms. The summed E-state index contributed by atoms with van der Waals surface area (Å²) in [4.78, 5) is 9.06. The van der Waals surface area contributed by atoms with E-state index in [1.807, 2.05) is 12.3 Å². The number of fused-ring (bicyclic) bond motifs is 14. The molecule has 0 atom stereocenters. The van der Waals surface area contributed by atoms with Crippen LogP contribution in [0.15, 0.2) is 152 Å². The van der Waals surface area contributed by atoms with Crippen molar-refractivity contribution in [1.29, 1.82) is 0 Å². The zero-order chi connectivity index (χ0) is 40.2. The molecule has 0 saturated carbocycles. The lowest BCUT2D eigenvalue weighted by atomic mass is 9.74. The number of benzene rings is 7. The number of hydrogen-bond donors (Lipinski definition) is 1. The van der Waals surface area contributed by atoms with Gasteiger partial charge in [-0.25, -0.2) is 4.98 Å². The van der Waals surface area contributed by atoms with Gasteiger partial charge in [0.1, 0.15) is 5.82 Å². The summed E-state index contributed by atoms with van der Waals surface area (Å²) in [5, 5.41) is 9.20. The molecule has 1 N–H and O–H groups in total. The van der Waals surface area contributed by atoms with Gasteiger partial charge >= 0.3 is 0 Å². The Labute approximate surface area is 356 Å². The molecule has 5 heterocycles. The number of pyridine rings is 1. The highest BCUT2D eigenvalue weighted by Crippen LogP contribution is 2.51. The number of aromatic nitrogens is 5. The normalized spacial score (nSPS) is 14.5. The summed E-state index contributed by atoms with van der Waals surface area (Å²) < 4.78 is 7.43. The molecule has 0 radical (unpaired) electrons. The van der Waals surface area contributed by atoms with Gasteiger partial charge in [0.25, 0.3) is 0 Å². The molecular weight excluding hydrogens is 755 g/mol. The van der Waals surface area contributed by atoms with Crippen molar-refractivity contribution >= 4 is 88.1 Å². The smallest absolute Gasteiger partial charge is 0.137 e. The minimum absolute atomic E-state index is 0.966. The second-order valence-electron chi connectivity index (χ2n) is 17.7. The third kappa shape index (κ3) is 4.25. The SMILES string of the molecule is C1=C(n2c3ccccc3c3ccccc32)CCc2[nH]c3c4c5c(cc3c21)CCc1cc2c3cc(-n6c7ccccc7c7ccccc76)ccc3n(-c3ccccn3)c2c(c1-5)CC4. The van der Waals surface area contributed by atoms with Gasteiger partial charge in [0.15, 0.2) is 0 Å². The topological polar surface area (TPSA) is 43.5 Å². The Kier molecular flexibility index (Phi) is 6.42. The Morgan fingerprint density at radius 2 is 1.02 bits per heavy atom. The third-order valence-electron chi connectivity index (χ3n) is 14.7. The maximum atomic E-state index is 5.00. The highest BCUT2D eigenvalue weighted by molar-refractivity contribution is 6.16. The number of para-hydroxylation sites is 4. The van der Waals surface area contributed by atoms with Crippen molar-refractivity contribution in [2.24, 2.45) is 0 Å². The molecule has 0 amide bonds. The quantitative estimate of drug-likeness (QED) is 0.190. The van der Waals surface area contributed by atoms with Gasteiger partial charge in [0.05, 0.1) is 38.6 Å². The van der Waals surface area contributed by atoms with Crippen LogP contribution in [0.5, 0.6) is 0 Å². The fourth-order valence-corrected chi connectivity index (χ4v) is 12.2. The van der Waals surface area contributed by atoms with Crippen molar-refractivity contribution in [2.75, 3.05) is 0 Å². The van der Waals surface area contributed by atoms with Crippen LogP contribution in [-0.4, -0.2) is 23.7 Å². The predicted octanol–water partition coefficient (Wildman–Crippen LogP) is 13.7. The van der Waals surface area contributed by atoms with Gasteiger partial charge in [-0.15, -0.1) is 0 Å². The number of H-pyrrole nitrogens is 1. The summed E-state index contributed by atoms with van der Waals surface area (Å²) in [6.45, 7) is 0. The first-order valence-electron chi connectivity index (χ1n) is 22.2. The number of rotatable bonds is 3. The molecule has 0 aliphatic heterocycles. The fourth-order valence-electron chi connectivity index (χ4n) is 12.2. The largest absolute Gasteiger partial charge is 0.358 e. The summed E-state index contributed by atoms with van der Waals surface area (Å²) in [6.07, 6.45) is 10.5. The second-order valence-corrected chi connectivity index (χ2v) is 17.7. The average molecular weight is 794 g/mol. The maximum Gasteiger partial charge on any atom is 0.137 e. The number of nitrogens with zero attached hydrogens (tertiary/aromatic N) is 4. The monoisotopic (exact) mass is 793 g/mol. The van der Waals surface area contributed by atoms with E-state index in [2.05, 4.69) is 164 Å². The van der Waals surface area contributed by atoms with E-state index in [9.17, 15) is 0 Å². The van der Waals surface area contributed by atoms with Crippen LogP contribution < -0.4 is 0 Å². The summed E-state index contributed by atoms with van der Waals surface area (Å²) in [7, 11) is 0. The van der Waals surface area contributed by atoms with E-state index in [0.717, 1.165) is 44.3 Å². The lowest BCUT2D eigenvalue weighted by molar-refractivity contribution is 0.883. The Bertz CT molecular complexity index is 3870. The van der Waals surface area contributed by atoms with Gasteiger partial charge in [-0.2, -0.15) is 0 Å². The van der Waals surface area contributed by atoms with Gasteiger partial charge in [0, 0.05) is 66.5 Å². The van der Waals surface area contributed by atoms with Crippen molar-refractivity contribution in [2.45, 2.75) is 38.5 Å². The molecule has 3 aliphatic carbocycles. The van der Waals surface area contributed by atoms with Crippen LogP contribution in [0.3, 0.4) is 0 Å². The average Bonchev–Trinajstić information content (AvgIpc) is 4.07. The van der Waals surface area contributed by atoms with Crippen molar-refractivity contribution < 1.29 is 0 Å². The number of hydrogen-bond acceptors (Lipinski definition) is 1. The maximum absolute atomic E-state index is 5.00. The minimum Gasteiger partial charge on any atom is -0.358 e. The van der Waals surface area contributed by atoms with E-state index >= 15 is 0 Å². The number of nitrogens with one attached hydrogen (secondary N) is 1. The summed E-state index contributed by atoms with van der Waals surface area (Å²) in [5.41, 5.74) is 23.1. The molecule has 5 heteroatoms. The lowest BCUT2D eigenvalue weighted by Crippen LogP contribution is -2.16. The zero-order valence-electron chi connectivity index (χ0n) is 34.0. The third-order valence-corrected chi connectivity index (χ3v) is 14.7. The van der Waals surface area contributed by atoms with E-state index in [1.54, 1.807) is 0 Å². The van der Waals surface area contributed by atoms with Gasteiger partial charge in [0.2, 0.25) is 0 Å². The van der Waals surface area contributed by atoms with Crippen LogP contribution in [0.4, 0.5) is 0 Å². The van der Waals surface area contributed by atoms with Gasteiger partial charge in [-0.3, -0.25) is 4.57 Å². The molecule has 292 valence electrons. The van der Waals surface area contributed by atoms with E-state index in [-0.39, 0.29) is 0 Å². The van der Waals surface area contributed by atoms with Crippen LogP contribution in [0, 0.1) is 0 Å². The van der Waals surface area contributed by atoms with Crippen molar-refractivity contribution in [3.05, 3.63) is 185 Å². The number of aryl methyl sites for hydroxylation is 5. The molecule has 0 fully saturated rings. The number of allylic oxidation sites excluding steroid dienone is 1. The molecule has 5 aromatic heterocycles. The van der Waals surface area contributed by atoms with Crippen LogP contribution >= 0.6 is 0 Å². The van der Waals surface area contributed by atoms with E-state index in [0.29, 0.717) is 0 Å². The predicted molar refractivity (Wildman–Crippen MR) is 257 cm³/mol. The van der Waals surface area contributed by atoms with Crippen molar-refractivity contribution in [3.63, 3.8) is 0 Å². The van der Waals surface area contributed by atoms with Gasteiger partial charge in [-0.1, -0.05) is 78.9 Å². The zero-order valence-corrected chi connectivity index (χ0v) is 34.0. The molecular formula is C57H39N5. The lowest BCUT2D eigenvalue weighted by Gasteiger charge is -2.31. The first-order valence-corrected chi connectivity index (χ1v) is 22.2. The highest BCUT2D eigenvalue weighted by atomic mass is 15.1. The van der Waals surface area contributed by atoms with Crippen LogP contribution in [-0.2, 0) is 32.1 Å². The Balaban J connectivity index is 0.953. The fraction of sp³-hybridized carbons (Fsp3) is 0.105. The summed E-state index contributed by atoms with van der Waals surface area (Å²) in [5.74, 6) is 0.966. The summed E-state index contributed by atoms with van der Waals surface area (Å²) in [6, 6.07) is 53.9. The molecule has 7 aromatic carbocycles. The van der Waals surface area contributed by atoms with Gasteiger partial charge in [-0.05, 0) is 145 Å². The van der Waals surface area contributed by atoms with E-state index < -0.39 is 0 Å². The first-order chi connectivity index (χ1) is 30.8. The molecule has 0 spiro atoms. The van der Waals surface area contributed by atoms with Crippen LogP contribution in [0.25, 0.3) is 111 Å². The van der Waals surface area contributed by atoms with Crippen molar-refractivity contribution in [3.8, 4) is 22.6 Å². The minimum atomic E-state index is 0.966.